The molecule has 2 aromatic heterocycles. The van der Waals surface area contributed by atoms with Crippen LogP contribution in [0.15, 0.2) is 48.5 Å². The van der Waals surface area contributed by atoms with Crippen molar-refractivity contribution in [2.24, 2.45) is 5.41 Å². The summed E-state index contributed by atoms with van der Waals surface area (Å²) in [5.41, 5.74) is 1.62. The van der Waals surface area contributed by atoms with Crippen molar-refractivity contribution in [3.05, 3.63) is 58.6 Å². The molecule has 1 amide bonds. The minimum atomic E-state index is -0.413. The van der Waals surface area contributed by atoms with E-state index in [1.165, 1.54) is 6.07 Å². The van der Waals surface area contributed by atoms with Crippen LogP contribution in [0.5, 0.6) is 0 Å². The number of hydrogen-bond donors (Lipinski definition) is 0. The molecule has 10 nitrogen and oxygen atoms in total. The number of benzene rings is 2. The van der Waals surface area contributed by atoms with E-state index < -0.39 is 4.92 Å². The number of nitro benzene ring substituents is 1. The van der Waals surface area contributed by atoms with Crippen molar-refractivity contribution in [3.8, 4) is 11.4 Å². The van der Waals surface area contributed by atoms with Gasteiger partial charge < -0.3 is 9.80 Å². The number of fused-ring (bicyclic) bond motifs is 3. The molecular formula is C25H27N7O3. The number of carbonyl (C=O) groups excluding carboxylic acids is 1. The minimum absolute atomic E-state index is 0.0431. The maximum atomic E-state index is 12.7. The third kappa shape index (κ3) is 4.27. The van der Waals surface area contributed by atoms with Crippen molar-refractivity contribution < 1.29 is 9.72 Å². The first-order valence-electron chi connectivity index (χ1n) is 11.6. The van der Waals surface area contributed by atoms with Gasteiger partial charge in [0, 0.05) is 44.1 Å². The number of nitrogens with zero attached hydrogens (tertiary/aromatic N) is 7. The first-order chi connectivity index (χ1) is 16.7. The van der Waals surface area contributed by atoms with E-state index in [0.717, 1.165) is 10.9 Å². The van der Waals surface area contributed by atoms with Gasteiger partial charge in [-0.15, -0.1) is 10.2 Å². The monoisotopic (exact) mass is 473 g/mol. The van der Waals surface area contributed by atoms with Crippen LogP contribution in [-0.4, -0.2) is 61.5 Å². The number of piperazine rings is 1. The molecule has 0 bridgehead atoms. The second-order valence-electron chi connectivity index (χ2n) is 9.99. The smallest absolute Gasteiger partial charge is 0.280 e. The van der Waals surface area contributed by atoms with Gasteiger partial charge in [0.1, 0.15) is 0 Å². The van der Waals surface area contributed by atoms with Gasteiger partial charge in [-0.05, 0) is 23.6 Å². The lowest BCUT2D eigenvalue weighted by atomic mass is 9.91. The summed E-state index contributed by atoms with van der Waals surface area (Å²) in [4.78, 5) is 33.0. The molecule has 5 rings (SSSR count). The SMILES string of the molecule is CC(C)(C)CC(=O)N1CCN(c2nc3ccccc3c3nnc(-c4ccccc4[N+](=O)[O-])n23)CC1. The number of nitro groups is 1. The Morgan fingerprint density at radius 1 is 1.00 bits per heavy atom. The Hall–Kier alpha value is -4.08. The zero-order valence-corrected chi connectivity index (χ0v) is 20.0. The molecule has 4 aromatic rings. The first kappa shape index (κ1) is 22.7. The van der Waals surface area contributed by atoms with Crippen LogP contribution in [0, 0.1) is 15.5 Å². The van der Waals surface area contributed by atoms with Gasteiger partial charge in [-0.3, -0.25) is 14.9 Å². The maximum absolute atomic E-state index is 12.7. The van der Waals surface area contributed by atoms with Crippen LogP contribution in [0.1, 0.15) is 27.2 Å². The van der Waals surface area contributed by atoms with Crippen LogP contribution in [-0.2, 0) is 4.79 Å². The predicted octanol–water partition coefficient (Wildman–Crippen LogP) is 3.94. The molecule has 0 spiro atoms. The highest BCUT2D eigenvalue weighted by atomic mass is 16.6. The van der Waals surface area contributed by atoms with Gasteiger partial charge in [0.25, 0.3) is 5.69 Å². The number of amides is 1. The van der Waals surface area contributed by atoms with Crippen LogP contribution in [0.25, 0.3) is 27.9 Å². The van der Waals surface area contributed by atoms with Crippen molar-refractivity contribution in [1.82, 2.24) is 24.5 Å². The van der Waals surface area contributed by atoms with E-state index in [1.807, 2.05) is 29.2 Å². The molecule has 3 heterocycles. The molecule has 0 N–H and O–H groups in total. The lowest BCUT2D eigenvalue weighted by molar-refractivity contribution is -0.384. The van der Waals surface area contributed by atoms with Crippen LogP contribution in [0.2, 0.25) is 0 Å². The standard InChI is InChI=1S/C25H27N7O3/c1-25(2,3)16-21(33)29-12-14-30(15-13-29)24-26-19-10-6-4-8-17(19)22-27-28-23(31(22)24)18-9-5-7-11-20(18)32(34)35/h4-11H,12-16H2,1-3H3. The molecule has 0 aliphatic carbocycles. The van der Waals surface area contributed by atoms with E-state index in [-0.39, 0.29) is 17.0 Å². The van der Waals surface area contributed by atoms with Crippen molar-refractivity contribution >= 4 is 34.1 Å². The van der Waals surface area contributed by atoms with E-state index in [1.54, 1.807) is 22.6 Å². The highest BCUT2D eigenvalue weighted by molar-refractivity contribution is 5.93. The van der Waals surface area contributed by atoms with Gasteiger partial charge in [-0.1, -0.05) is 45.0 Å². The summed E-state index contributed by atoms with van der Waals surface area (Å²) in [6.07, 6.45) is 0.499. The molecule has 1 fully saturated rings. The molecule has 1 aliphatic rings. The number of anilines is 1. The Morgan fingerprint density at radius 2 is 1.69 bits per heavy atom. The van der Waals surface area contributed by atoms with Gasteiger partial charge in [0.15, 0.2) is 11.5 Å². The van der Waals surface area contributed by atoms with E-state index in [9.17, 15) is 14.9 Å². The van der Waals surface area contributed by atoms with E-state index >= 15 is 0 Å². The second-order valence-corrected chi connectivity index (χ2v) is 9.99. The highest BCUT2D eigenvalue weighted by Crippen LogP contribution is 2.33. The van der Waals surface area contributed by atoms with Crippen molar-refractivity contribution in [2.45, 2.75) is 27.2 Å². The van der Waals surface area contributed by atoms with E-state index in [2.05, 4.69) is 35.9 Å². The quantitative estimate of drug-likeness (QED) is 0.326. The molecule has 2 aromatic carbocycles. The zero-order valence-electron chi connectivity index (χ0n) is 20.0. The summed E-state index contributed by atoms with van der Waals surface area (Å²) >= 11 is 0. The molecule has 0 atom stereocenters. The summed E-state index contributed by atoms with van der Waals surface area (Å²) in [6.45, 7) is 8.52. The summed E-state index contributed by atoms with van der Waals surface area (Å²) in [5, 5.41) is 21.3. The van der Waals surface area contributed by atoms with Gasteiger partial charge >= 0.3 is 0 Å². The molecule has 0 saturated carbocycles. The largest absolute Gasteiger partial charge is 0.339 e. The Labute approximate surface area is 202 Å². The fraction of sp³-hybridized carbons (Fsp3) is 0.360. The molecule has 0 radical (unpaired) electrons. The molecule has 180 valence electrons. The Bertz CT molecular complexity index is 1430. The lowest BCUT2D eigenvalue weighted by Crippen LogP contribution is -2.50. The number of aromatic nitrogens is 4. The average molecular weight is 474 g/mol. The average Bonchev–Trinajstić information content (AvgIpc) is 3.28. The predicted molar refractivity (Wildman–Crippen MR) is 133 cm³/mol. The number of para-hydroxylation sites is 2. The molecule has 1 aliphatic heterocycles. The Balaban J connectivity index is 1.59. The van der Waals surface area contributed by atoms with E-state index in [0.29, 0.717) is 55.6 Å². The van der Waals surface area contributed by atoms with Gasteiger partial charge in [-0.2, -0.15) is 0 Å². The number of rotatable bonds is 4. The van der Waals surface area contributed by atoms with Crippen LogP contribution < -0.4 is 4.90 Å². The van der Waals surface area contributed by atoms with Gasteiger partial charge in [0.05, 0.1) is 16.0 Å². The van der Waals surface area contributed by atoms with Gasteiger partial charge in [-0.25, -0.2) is 9.38 Å². The maximum Gasteiger partial charge on any atom is 0.280 e. The molecule has 10 heteroatoms. The topological polar surface area (TPSA) is 110 Å². The minimum Gasteiger partial charge on any atom is -0.339 e. The molecule has 0 unspecified atom stereocenters. The van der Waals surface area contributed by atoms with Crippen LogP contribution in [0.4, 0.5) is 11.6 Å². The number of carbonyl (C=O) groups is 1. The van der Waals surface area contributed by atoms with Crippen molar-refractivity contribution in [3.63, 3.8) is 0 Å². The van der Waals surface area contributed by atoms with Crippen molar-refractivity contribution in [1.29, 1.82) is 0 Å². The third-order valence-corrected chi connectivity index (χ3v) is 6.17. The third-order valence-electron chi connectivity index (χ3n) is 6.17. The highest BCUT2D eigenvalue weighted by Gasteiger charge is 2.29. The summed E-state index contributed by atoms with van der Waals surface area (Å²) < 4.78 is 1.80. The van der Waals surface area contributed by atoms with Crippen molar-refractivity contribution in [2.75, 3.05) is 31.1 Å². The summed E-state index contributed by atoms with van der Waals surface area (Å²) in [6, 6.07) is 14.2. The molecule has 1 saturated heterocycles. The molecule has 35 heavy (non-hydrogen) atoms. The first-order valence-corrected chi connectivity index (χ1v) is 11.6. The van der Waals surface area contributed by atoms with Gasteiger partial charge in [0.2, 0.25) is 11.9 Å². The summed E-state index contributed by atoms with van der Waals surface area (Å²) in [7, 11) is 0. The normalized spacial score (nSPS) is 14.6. The van der Waals surface area contributed by atoms with Crippen LogP contribution in [0.3, 0.4) is 0 Å². The number of hydrogen-bond acceptors (Lipinski definition) is 7. The van der Waals surface area contributed by atoms with Crippen LogP contribution >= 0.6 is 0 Å². The zero-order chi connectivity index (χ0) is 24.7. The Kier molecular flexibility index (Phi) is 5.58. The fourth-order valence-corrected chi connectivity index (χ4v) is 4.50. The second kappa shape index (κ2) is 8.61. The fourth-order valence-electron chi connectivity index (χ4n) is 4.50. The molecular weight excluding hydrogens is 446 g/mol. The Morgan fingerprint density at radius 3 is 2.40 bits per heavy atom. The summed E-state index contributed by atoms with van der Waals surface area (Å²) in [5.74, 6) is 1.13. The van der Waals surface area contributed by atoms with E-state index in [4.69, 9.17) is 4.98 Å². The lowest BCUT2D eigenvalue weighted by Gasteiger charge is -2.36.